The number of ether oxygens (including phenoxy) is 2. The van der Waals surface area contributed by atoms with Gasteiger partial charge >= 0.3 is 51.9 Å². The van der Waals surface area contributed by atoms with Crippen LogP contribution >= 0.6 is 0 Å². The standard InChI is InChI=1S/C36H76O12Si6/c1-11-37-53(38-12-2,39-13-3)27-25-51(9)45-49(7,23-21-31-17-19-33-35(29-31)43-33)47-52(10,26-28-54(40-14-4,41-15-5)42-16-6)48-50(8,46-51)24-22-32-18-20-34-36(30-32)44-34/h31-36H,11-30H2,1-10H3. The van der Waals surface area contributed by atoms with Crippen molar-refractivity contribution < 1.29 is 52.5 Å². The van der Waals surface area contributed by atoms with Gasteiger partial charge in [0.2, 0.25) is 0 Å². The zero-order valence-corrected chi connectivity index (χ0v) is 41.5. The highest BCUT2D eigenvalue weighted by Gasteiger charge is 2.59. The maximum atomic E-state index is 7.65. The van der Waals surface area contributed by atoms with Crippen LogP contribution in [0.1, 0.15) is 92.9 Å². The number of hydrogen-bond acceptors (Lipinski definition) is 12. The summed E-state index contributed by atoms with van der Waals surface area (Å²) in [6.07, 6.45) is 11.0. The van der Waals surface area contributed by atoms with E-state index in [-0.39, 0.29) is 0 Å². The van der Waals surface area contributed by atoms with Crippen molar-refractivity contribution in [3.8, 4) is 0 Å². The molecular formula is C36H76O12Si6. The number of rotatable bonds is 24. The van der Waals surface area contributed by atoms with E-state index in [1.165, 1.54) is 12.8 Å². The third-order valence-corrected chi connectivity index (χ3v) is 37.5. The molecule has 3 aliphatic heterocycles. The lowest BCUT2D eigenvalue weighted by molar-refractivity contribution is 0.0714. The van der Waals surface area contributed by atoms with E-state index >= 15 is 0 Å². The molecular weight excluding hydrogens is 793 g/mol. The molecule has 5 aliphatic rings. The lowest BCUT2D eigenvalue weighted by Crippen LogP contribution is -2.68. The van der Waals surface area contributed by atoms with Crippen LogP contribution in [0, 0.1) is 11.8 Å². The summed E-state index contributed by atoms with van der Waals surface area (Å²) in [5.74, 6) is 1.23. The smallest absolute Gasteiger partial charge is 0.416 e. The fourth-order valence-corrected chi connectivity index (χ4v) is 41.5. The molecule has 3 heterocycles. The van der Waals surface area contributed by atoms with Gasteiger partial charge in [-0.1, -0.05) is 0 Å². The van der Waals surface area contributed by atoms with Gasteiger partial charge < -0.3 is 52.5 Å². The van der Waals surface area contributed by atoms with Crippen LogP contribution in [0.2, 0.25) is 62.5 Å². The first-order valence-corrected chi connectivity index (χ1v) is 35.6. The quantitative estimate of drug-likeness (QED) is 0.0686. The number of epoxide rings is 2. The highest BCUT2D eigenvalue weighted by molar-refractivity contribution is 6.94. The summed E-state index contributed by atoms with van der Waals surface area (Å²) in [5, 5.41) is 0. The minimum atomic E-state index is -2.96. The van der Waals surface area contributed by atoms with Crippen molar-refractivity contribution in [2.24, 2.45) is 11.8 Å². The molecule has 316 valence electrons. The minimum absolute atomic E-state index is 0.444. The predicted molar refractivity (Wildman–Crippen MR) is 222 cm³/mol. The van der Waals surface area contributed by atoms with Crippen LogP contribution in [0.5, 0.6) is 0 Å². The topological polar surface area (TPSA) is 117 Å². The Morgan fingerprint density at radius 2 is 0.722 bits per heavy atom. The van der Waals surface area contributed by atoms with Crippen LogP contribution in [0.3, 0.4) is 0 Å². The van der Waals surface area contributed by atoms with Gasteiger partial charge in [-0.3, -0.25) is 0 Å². The zero-order chi connectivity index (χ0) is 39.1. The van der Waals surface area contributed by atoms with E-state index in [1.54, 1.807) is 0 Å². The number of fused-ring (bicyclic) bond motifs is 2. The van der Waals surface area contributed by atoms with Crippen LogP contribution < -0.4 is 0 Å². The SMILES string of the molecule is CCO[Si](CC[Si]1(C)O[Si](C)(CCC2CCC3OC3C2)O[Si](C)(CC[Si](OCC)(OCC)OCC)O[Si](C)(CCC2CCC3OC3C2)O1)(OCC)OCC. The molecule has 2 saturated carbocycles. The molecule has 0 aromatic heterocycles. The van der Waals surface area contributed by atoms with E-state index in [4.69, 9.17) is 52.5 Å². The van der Waals surface area contributed by atoms with E-state index < -0.39 is 51.9 Å². The van der Waals surface area contributed by atoms with Gasteiger partial charge in [-0.2, -0.15) is 0 Å². The first-order valence-electron chi connectivity index (χ1n) is 21.6. The molecule has 12 nitrogen and oxygen atoms in total. The molecule has 0 bridgehead atoms. The molecule has 0 radical (unpaired) electrons. The van der Waals surface area contributed by atoms with Crippen LogP contribution in [-0.4, -0.2) is 116 Å². The van der Waals surface area contributed by atoms with Gasteiger partial charge in [0.15, 0.2) is 0 Å². The van der Waals surface area contributed by atoms with Crippen molar-refractivity contribution in [1.82, 2.24) is 0 Å². The predicted octanol–water partition coefficient (Wildman–Crippen LogP) is 8.37. The molecule has 5 fully saturated rings. The number of hydrogen-bond donors (Lipinski definition) is 0. The van der Waals surface area contributed by atoms with Gasteiger partial charge in [0.05, 0.1) is 24.4 Å². The third kappa shape index (κ3) is 12.9. The van der Waals surface area contributed by atoms with Crippen molar-refractivity contribution in [3.63, 3.8) is 0 Å². The first kappa shape index (κ1) is 45.9. The van der Waals surface area contributed by atoms with Crippen molar-refractivity contribution in [1.29, 1.82) is 0 Å². The van der Waals surface area contributed by atoms with E-state index in [0.29, 0.717) is 100 Å². The molecule has 54 heavy (non-hydrogen) atoms. The minimum Gasteiger partial charge on any atom is -0.416 e. The third-order valence-electron chi connectivity index (χ3n) is 11.9. The average molecular weight is 870 g/mol. The summed E-state index contributed by atoms with van der Waals surface area (Å²) in [7, 11) is -17.6. The largest absolute Gasteiger partial charge is 0.500 e. The highest BCUT2D eigenvalue weighted by atomic mass is 28.5. The van der Waals surface area contributed by atoms with Crippen LogP contribution in [0.15, 0.2) is 0 Å². The Bertz CT molecular complexity index is 1030. The van der Waals surface area contributed by atoms with E-state index in [2.05, 4.69) is 26.2 Å². The molecule has 0 aromatic rings. The Kier molecular flexibility index (Phi) is 16.9. The van der Waals surface area contributed by atoms with Crippen molar-refractivity contribution in [2.75, 3.05) is 39.6 Å². The Labute approximate surface area is 334 Å². The zero-order valence-electron chi connectivity index (χ0n) is 35.5. The Morgan fingerprint density at radius 3 is 1.00 bits per heavy atom. The summed E-state index contributed by atoms with van der Waals surface area (Å²) < 4.78 is 80.6. The average Bonchev–Trinajstić information content (AvgIpc) is 4.04. The van der Waals surface area contributed by atoms with Crippen molar-refractivity contribution >= 4 is 51.9 Å². The highest BCUT2D eigenvalue weighted by Crippen LogP contribution is 2.46. The maximum Gasteiger partial charge on any atom is 0.500 e. The molecule has 2 aliphatic carbocycles. The lowest BCUT2D eigenvalue weighted by atomic mass is 9.88. The van der Waals surface area contributed by atoms with Crippen LogP contribution in [0.4, 0.5) is 0 Å². The Balaban J connectivity index is 1.45. The normalized spacial score (nSPS) is 38.3. The van der Waals surface area contributed by atoms with Gasteiger partial charge in [0.25, 0.3) is 0 Å². The monoisotopic (exact) mass is 868 g/mol. The van der Waals surface area contributed by atoms with Crippen LogP contribution in [0.25, 0.3) is 0 Å². The second kappa shape index (κ2) is 19.9. The van der Waals surface area contributed by atoms with E-state index in [9.17, 15) is 0 Å². The van der Waals surface area contributed by atoms with Gasteiger partial charge in [-0.15, -0.1) is 0 Å². The van der Waals surface area contributed by atoms with Crippen molar-refractivity contribution in [3.05, 3.63) is 0 Å². The maximum absolute atomic E-state index is 7.65. The van der Waals surface area contributed by atoms with Gasteiger partial charge in [-0.25, -0.2) is 0 Å². The second-order valence-corrected chi connectivity index (χ2v) is 36.6. The van der Waals surface area contributed by atoms with Gasteiger partial charge in [-0.05, 0) is 155 Å². The molecule has 0 spiro atoms. The molecule has 6 atom stereocenters. The first-order chi connectivity index (χ1) is 25.7. The van der Waals surface area contributed by atoms with E-state index in [0.717, 1.165) is 50.6 Å². The summed E-state index contributed by atoms with van der Waals surface area (Å²) in [4.78, 5) is 0. The van der Waals surface area contributed by atoms with Gasteiger partial charge in [0, 0.05) is 51.7 Å². The summed E-state index contributed by atoms with van der Waals surface area (Å²) in [5.41, 5.74) is 0. The molecule has 3 saturated heterocycles. The Morgan fingerprint density at radius 1 is 0.426 bits per heavy atom. The van der Waals surface area contributed by atoms with Crippen LogP contribution in [-0.2, 0) is 52.5 Å². The summed E-state index contributed by atoms with van der Waals surface area (Å²) in [6.45, 7) is 24.4. The molecule has 6 unspecified atom stereocenters. The Hall–Kier alpha value is 0.821. The second-order valence-electron chi connectivity index (χ2n) is 16.8. The molecule has 0 aromatic carbocycles. The molecule has 18 heteroatoms. The fourth-order valence-electron chi connectivity index (χ4n) is 9.51. The van der Waals surface area contributed by atoms with Gasteiger partial charge in [0.1, 0.15) is 0 Å². The molecule has 0 amide bonds. The summed E-state index contributed by atoms with van der Waals surface area (Å²) in [6, 6.07) is 4.48. The van der Waals surface area contributed by atoms with E-state index in [1.807, 2.05) is 41.5 Å². The fraction of sp³-hybridized carbons (Fsp3) is 1.00. The van der Waals surface area contributed by atoms with Crippen molar-refractivity contribution in [2.45, 2.75) is 180 Å². The molecule has 0 N–H and O–H groups in total. The molecule has 5 rings (SSSR count). The lowest BCUT2D eigenvalue weighted by Gasteiger charge is -2.51. The summed E-state index contributed by atoms with van der Waals surface area (Å²) >= 11 is 0.